The smallest absolute Gasteiger partial charge is 0.227 e. The highest BCUT2D eigenvalue weighted by Crippen LogP contribution is 2.31. The quantitative estimate of drug-likeness (QED) is 0.404. The highest BCUT2D eigenvalue weighted by Gasteiger charge is 2.11. The molecule has 0 radical (unpaired) electrons. The van der Waals surface area contributed by atoms with Crippen molar-refractivity contribution in [2.45, 2.75) is 20.8 Å². The van der Waals surface area contributed by atoms with Crippen molar-refractivity contribution in [1.29, 1.82) is 0 Å². The van der Waals surface area contributed by atoms with Crippen LogP contribution in [0.5, 0.6) is 5.75 Å². The van der Waals surface area contributed by atoms with Gasteiger partial charge >= 0.3 is 0 Å². The maximum atomic E-state index is 10.2. The van der Waals surface area contributed by atoms with E-state index in [1.54, 1.807) is 12.3 Å². The van der Waals surface area contributed by atoms with E-state index in [-0.39, 0.29) is 5.75 Å². The van der Waals surface area contributed by atoms with E-state index in [9.17, 15) is 5.11 Å². The van der Waals surface area contributed by atoms with Crippen LogP contribution in [0.4, 0.5) is 5.69 Å². The molecule has 0 aliphatic heterocycles. The summed E-state index contributed by atoms with van der Waals surface area (Å²) >= 11 is 6.29. The summed E-state index contributed by atoms with van der Waals surface area (Å²) in [5.41, 5.74) is 6.50. The Bertz CT molecular complexity index is 1210. The van der Waals surface area contributed by atoms with E-state index >= 15 is 0 Å². The molecule has 0 atom stereocenters. The molecule has 3 aromatic carbocycles. The number of benzene rings is 3. The lowest BCUT2D eigenvalue weighted by Gasteiger charge is -2.08. The molecular formula is C23H19ClN2O2. The van der Waals surface area contributed by atoms with Gasteiger partial charge in [-0.15, -0.1) is 0 Å². The van der Waals surface area contributed by atoms with Gasteiger partial charge in [0.1, 0.15) is 11.3 Å². The van der Waals surface area contributed by atoms with Gasteiger partial charge in [0.05, 0.1) is 5.69 Å². The van der Waals surface area contributed by atoms with Crippen molar-refractivity contribution in [1.82, 2.24) is 4.98 Å². The molecule has 1 heterocycles. The second-order valence-corrected chi connectivity index (χ2v) is 7.24. The Morgan fingerprint density at radius 1 is 1.04 bits per heavy atom. The van der Waals surface area contributed by atoms with Gasteiger partial charge in [-0.3, -0.25) is 4.99 Å². The Hall–Kier alpha value is -3.11. The monoisotopic (exact) mass is 390 g/mol. The van der Waals surface area contributed by atoms with Gasteiger partial charge < -0.3 is 9.52 Å². The fourth-order valence-electron chi connectivity index (χ4n) is 3.07. The molecule has 0 saturated heterocycles. The van der Waals surface area contributed by atoms with Crippen LogP contribution in [0.1, 0.15) is 22.3 Å². The minimum atomic E-state index is 0.160. The first kappa shape index (κ1) is 18.3. The first-order valence-electron chi connectivity index (χ1n) is 8.93. The van der Waals surface area contributed by atoms with Crippen molar-refractivity contribution >= 4 is 34.6 Å². The van der Waals surface area contributed by atoms with Crippen molar-refractivity contribution in [2.24, 2.45) is 4.99 Å². The number of oxazole rings is 1. The van der Waals surface area contributed by atoms with E-state index in [0.29, 0.717) is 27.7 Å². The third kappa shape index (κ3) is 3.39. The zero-order chi connectivity index (χ0) is 19.8. The molecule has 0 amide bonds. The minimum Gasteiger partial charge on any atom is -0.507 e. The first-order valence-corrected chi connectivity index (χ1v) is 9.30. The van der Waals surface area contributed by atoms with Crippen molar-refractivity contribution in [3.63, 3.8) is 0 Å². The molecule has 4 nitrogen and oxygen atoms in total. The number of halogens is 1. The molecule has 0 unspecified atom stereocenters. The number of nitrogens with zero attached hydrogens (tertiary/aromatic N) is 2. The van der Waals surface area contributed by atoms with Gasteiger partial charge in [0, 0.05) is 22.4 Å². The van der Waals surface area contributed by atoms with E-state index in [1.807, 2.05) is 63.2 Å². The Morgan fingerprint density at radius 3 is 2.54 bits per heavy atom. The summed E-state index contributed by atoms with van der Waals surface area (Å²) in [6.07, 6.45) is 1.62. The summed E-state index contributed by atoms with van der Waals surface area (Å²) < 4.78 is 5.86. The fourth-order valence-corrected chi connectivity index (χ4v) is 3.23. The van der Waals surface area contributed by atoms with Crippen LogP contribution in [0, 0.1) is 20.8 Å². The number of aliphatic imine (C=N–C) groups is 1. The van der Waals surface area contributed by atoms with Crippen molar-refractivity contribution in [3.05, 3.63) is 75.8 Å². The SMILES string of the molecule is Cc1ccc(-c2nc3cc(N=Cc4c(O)cc(C)c(Cl)c4C)ccc3o2)cc1. The van der Waals surface area contributed by atoms with Crippen LogP contribution >= 0.6 is 11.6 Å². The third-order valence-corrected chi connectivity index (χ3v) is 5.30. The molecule has 0 spiro atoms. The standard InChI is InChI=1S/C23H19ClN2O2/c1-13-4-6-16(7-5-13)23-26-19-11-17(8-9-21(19)28-23)25-12-18-15(3)22(24)14(2)10-20(18)27/h4-12,27H,1-3H3. The average molecular weight is 391 g/mol. The van der Waals surface area contributed by atoms with Crippen LogP contribution in [0.2, 0.25) is 5.02 Å². The second kappa shape index (κ2) is 7.13. The molecule has 0 aliphatic rings. The van der Waals surface area contributed by atoms with Gasteiger partial charge in [-0.1, -0.05) is 29.3 Å². The Kier molecular flexibility index (Phi) is 4.65. The second-order valence-electron chi connectivity index (χ2n) is 6.86. The van der Waals surface area contributed by atoms with Gasteiger partial charge in [0.25, 0.3) is 0 Å². The molecule has 0 saturated carbocycles. The summed E-state index contributed by atoms with van der Waals surface area (Å²) in [4.78, 5) is 9.07. The van der Waals surface area contributed by atoms with Crippen molar-refractivity contribution < 1.29 is 9.52 Å². The molecule has 0 bridgehead atoms. The minimum absolute atomic E-state index is 0.160. The predicted molar refractivity (Wildman–Crippen MR) is 114 cm³/mol. The lowest BCUT2D eigenvalue weighted by Crippen LogP contribution is -1.92. The van der Waals surface area contributed by atoms with Crippen LogP contribution in [-0.4, -0.2) is 16.3 Å². The topological polar surface area (TPSA) is 58.6 Å². The summed E-state index contributed by atoms with van der Waals surface area (Å²) in [6, 6.07) is 15.2. The highest BCUT2D eigenvalue weighted by atomic mass is 35.5. The first-order chi connectivity index (χ1) is 13.4. The third-order valence-electron chi connectivity index (χ3n) is 4.72. The number of phenolic OH excluding ortho intramolecular Hbond substituents is 1. The van der Waals surface area contributed by atoms with Gasteiger partial charge in [-0.25, -0.2) is 4.98 Å². The number of rotatable bonds is 3. The zero-order valence-electron chi connectivity index (χ0n) is 15.8. The van der Waals surface area contributed by atoms with Gasteiger partial charge in [0.15, 0.2) is 5.58 Å². The maximum Gasteiger partial charge on any atom is 0.227 e. The summed E-state index contributed by atoms with van der Waals surface area (Å²) in [5.74, 6) is 0.738. The molecule has 1 aromatic heterocycles. The number of aryl methyl sites for hydroxylation is 2. The van der Waals surface area contributed by atoms with E-state index in [2.05, 4.69) is 9.98 Å². The Balaban J connectivity index is 1.68. The summed E-state index contributed by atoms with van der Waals surface area (Å²) in [6.45, 7) is 5.77. The fraction of sp³-hybridized carbons (Fsp3) is 0.130. The summed E-state index contributed by atoms with van der Waals surface area (Å²) in [5, 5.41) is 10.9. The van der Waals surface area contributed by atoms with Crippen LogP contribution in [0.15, 0.2) is 57.9 Å². The number of hydrogen-bond donors (Lipinski definition) is 1. The normalized spacial score (nSPS) is 11.6. The van der Waals surface area contributed by atoms with E-state index in [0.717, 1.165) is 22.2 Å². The average Bonchev–Trinajstić information content (AvgIpc) is 3.10. The van der Waals surface area contributed by atoms with Gasteiger partial charge in [0.2, 0.25) is 5.89 Å². The molecule has 4 rings (SSSR count). The molecular weight excluding hydrogens is 372 g/mol. The molecule has 0 aliphatic carbocycles. The van der Waals surface area contributed by atoms with Crippen LogP contribution < -0.4 is 0 Å². The zero-order valence-corrected chi connectivity index (χ0v) is 16.6. The molecule has 140 valence electrons. The van der Waals surface area contributed by atoms with E-state index in [4.69, 9.17) is 16.0 Å². The van der Waals surface area contributed by atoms with Crippen LogP contribution in [0.25, 0.3) is 22.6 Å². The molecule has 4 aromatic rings. The lowest BCUT2D eigenvalue weighted by atomic mass is 10.0. The number of phenols is 1. The van der Waals surface area contributed by atoms with Crippen LogP contribution in [0.3, 0.4) is 0 Å². The largest absolute Gasteiger partial charge is 0.507 e. The number of aromatic hydroxyl groups is 1. The molecule has 28 heavy (non-hydrogen) atoms. The highest BCUT2D eigenvalue weighted by molar-refractivity contribution is 6.32. The molecule has 5 heteroatoms. The van der Waals surface area contributed by atoms with Gasteiger partial charge in [-0.2, -0.15) is 0 Å². The Labute approximate surface area is 168 Å². The Morgan fingerprint density at radius 2 is 1.79 bits per heavy atom. The predicted octanol–water partition coefficient (Wildman–Crippen LogP) is 6.53. The summed E-state index contributed by atoms with van der Waals surface area (Å²) in [7, 11) is 0. The lowest BCUT2D eigenvalue weighted by molar-refractivity contribution is 0.473. The molecule has 0 fully saturated rings. The van der Waals surface area contributed by atoms with Crippen LogP contribution in [-0.2, 0) is 0 Å². The maximum absolute atomic E-state index is 10.2. The number of hydrogen-bond acceptors (Lipinski definition) is 4. The van der Waals surface area contributed by atoms with Crippen molar-refractivity contribution in [3.8, 4) is 17.2 Å². The van der Waals surface area contributed by atoms with E-state index < -0.39 is 0 Å². The van der Waals surface area contributed by atoms with Gasteiger partial charge in [-0.05, 0) is 68.3 Å². The molecule has 1 N–H and O–H groups in total. The van der Waals surface area contributed by atoms with Crippen molar-refractivity contribution in [2.75, 3.05) is 0 Å². The van der Waals surface area contributed by atoms with E-state index in [1.165, 1.54) is 5.56 Å². The number of fused-ring (bicyclic) bond motifs is 1. The number of aromatic nitrogens is 1.